The molecule has 0 atom stereocenters. The maximum absolute atomic E-state index is 6.60. The normalized spacial score (nSPS) is 14.8. The Kier molecular flexibility index (Phi) is 4.60. The van der Waals surface area contributed by atoms with Gasteiger partial charge in [0.05, 0.1) is 6.61 Å². The predicted octanol–water partition coefficient (Wildman–Crippen LogP) is 2.78. The van der Waals surface area contributed by atoms with Crippen molar-refractivity contribution in [2.75, 3.05) is 6.61 Å². The number of rotatable bonds is 3. The van der Waals surface area contributed by atoms with Crippen LogP contribution in [0, 0.1) is 10.8 Å². The van der Waals surface area contributed by atoms with E-state index in [2.05, 4.69) is 54.6 Å². The average molecular weight is 231 g/mol. The summed E-state index contributed by atoms with van der Waals surface area (Å²) in [7, 11) is -0.994. The van der Waals surface area contributed by atoms with Gasteiger partial charge in [0.25, 0.3) is 0 Å². The van der Waals surface area contributed by atoms with Crippen LogP contribution in [0.1, 0.15) is 41.5 Å². The topological polar surface area (TPSA) is 35.2 Å². The lowest BCUT2D eigenvalue weighted by molar-refractivity contribution is 0.0145. The minimum Gasteiger partial charge on any atom is -0.419 e. The first-order chi connectivity index (χ1) is 6.42. The van der Waals surface area contributed by atoms with Crippen LogP contribution in [-0.2, 0) is 4.43 Å². The molecule has 0 saturated carbocycles. The molecule has 92 valence electrons. The first-order valence-electron chi connectivity index (χ1n) is 5.82. The second-order valence-electron chi connectivity index (χ2n) is 6.83. The van der Waals surface area contributed by atoms with Crippen molar-refractivity contribution in [3.05, 3.63) is 0 Å². The van der Waals surface area contributed by atoms with E-state index in [4.69, 9.17) is 10.2 Å². The average Bonchev–Trinajstić information content (AvgIpc) is 1.95. The molecule has 0 aliphatic heterocycles. The van der Waals surface area contributed by atoms with Crippen LogP contribution in [0.3, 0.4) is 0 Å². The molecule has 0 aliphatic rings. The van der Waals surface area contributed by atoms with Gasteiger partial charge in [0.1, 0.15) is 0 Å². The Morgan fingerprint density at radius 3 is 1.47 bits per heavy atom. The van der Waals surface area contributed by atoms with Crippen molar-refractivity contribution in [2.24, 2.45) is 16.6 Å². The molecule has 0 rings (SSSR count). The Labute approximate surface area is 97.3 Å². The summed E-state index contributed by atoms with van der Waals surface area (Å²) >= 11 is 0. The smallest absolute Gasteiger partial charge is 0.170 e. The number of hydrogen-bond donors (Lipinski definition) is 1. The van der Waals surface area contributed by atoms with Gasteiger partial charge in [-0.25, -0.2) is 0 Å². The monoisotopic (exact) mass is 231 g/mol. The first-order valence-corrected chi connectivity index (χ1v) is 8.60. The van der Waals surface area contributed by atoms with Crippen LogP contribution >= 0.6 is 0 Å². The lowest BCUT2D eigenvalue weighted by Gasteiger charge is -2.51. The molecule has 0 fully saturated rings. The molecule has 0 amide bonds. The third-order valence-corrected chi connectivity index (χ3v) is 4.15. The Morgan fingerprint density at radius 1 is 0.933 bits per heavy atom. The van der Waals surface area contributed by atoms with E-state index in [1.54, 1.807) is 0 Å². The van der Waals surface area contributed by atoms with E-state index in [1.165, 1.54) is 0 Å². The Hall–Kier alpha value is 0.137. The second kappa shape index (κ2) is 4.56. The molecule has 0 radical (unpaired) electrons. The summed E-state index contributed by atoms with van der Waals surface area (Å²) in [5.41, 5.74) is 6.42. The SMILES string of the molecule is C[SiH](C)OCC(N)(C(C)(C)C)C(C)(C)C. The minimum absolute atomic E-state index is 0.0501. The van der Waals surface area contributed by atoms with Crippen LogP contribution < -0.4 is 5.73 Å². The summed E-state index contributed by atoms with van der Waals surface area (Å²) in [6, 6.07) is 0. The minimum atomic E-state index is -0.994. The fourth-order valence-corrected chi connectivity index (χ4v) is 2.45. The highest BCUT2D eigenvalue weighted by molar-refractivity contribution is 6.48. The molecule has 0 aliphatic carbocycles. The lowest BCUT2D eigenvalue weighted by Crippen LogP contribution is -2.63. The van der Waals surface area contributed by atoms with Crippen molar-refractivity contribution in [3.8, 4) is 0 Å². The zero-order valence-corrected chi connectivity index (χ0v) is 12.9. The molecule has 0 saturated heterocycles. The first kappa shape index (κ1) is 15.1. The number of hydrogen-bond acceptors (Lipinski definition) is 2. The van der Waals surface area contributed by atoms with Gasteiger partial charge < -0.3 is 10.2 Å². The summed E-state index contributed by atoms with van der Waals surface area (Å²) in [5.74, 6) is 0. The van der Waals surface area contributed by atoms with Gasteiger partial charge in [-0.05, 0) is 23.9 Å². The summed E-state index contributed by atoms with van der Waals surface area (Å²) < 4.78 is 5.87. The Balaban J connectivity index is 4.90. The third-order valence-electron chi connectivity index (χ3n) is 3.32. The van der Waals surface area contributed by atoms with Crippen molar-refractivity contribution >= 4 is 9.04 Å². The largest absolute Gasteiger partial charge is 0.419 e. The zero-order valence-electron chi connectivity index (χ0n) is 11.8. The molecule has 0 aromatic rings. The predicted molar refractivity (Wildman–Crippen MR) is 70.7 cm³/mol. The maximum atomic E-state index is 6.60. The van der Waals surface area contributed by atoms with Gasteiger partial charge in [0.2, 0.25) is 0 Å². The highest BCUT2D eigenvalue weighted by Crippen LogP contribution is 2.42. The Bertz CT molecular complexity index is 187. The van der Waals surface area contributed by atoms with E-state index in [1.807, 2.05) is 0 Å². The van der Waals surface area contributed by atoms with Gasteiger partial charge in [-0.2, -0.15) is 0 Å². The number of nitrogens with two attached hydrogens (primary N) is 1. The molecule has 0 spiro atoms. The highest BCUT2D eigenvalue weighted by atomic mass is 28.3. The quantitative estimate of drug-likeness (QED) is 0.758. The van der Waals surface area contributed by atoms with Crippen molar-refractivity contribution in [1.82, 2.24) is 0 Å². The Morgan fingerprint density at radius 2 is 1.27 bits per heavy atom. The fourth-order valence-electron chi connectivity index (χ4n) is 1.86. The molecule has 0 bridgehead atoms. The van der Waals surface area contributed by atoms with Gasteiger partial charge in [-0.1, -0.05) is 41.5 Å². The molecule has 0 aromatic heterocycles. The molecule has 0 aromatic carbocycles. The van der Waals surface area contributed by atoms with E-state index in [9.17, 15) is 0 Å². The molecule has 2 nitrogen and oxygen atoms in total. The highest BCUT2D eigenvalue weighted by Gasteiger charge is 2.47. The van der Waals surface area contributed by atoms with Crippen molar-refractivity contribution in [3.63, 3.8) is 0 Å². The van der Waals surface area contributed by atoms with Gasteiger partial charge >= 0.3 is 0 Å². The van der Waals surface area contributed by atoms with Crippen molar-refractivity contribution in [2.45, 2.75) is 60.2 Å². The molecular weight excluding hydrogens is 202 g/mol. The third kappa shape index (κ3) is 3.57. The van der Waals surface area contributed by atoms with E-state index in [-0.39, 0.29) is 16.4 Å². The molecular formula is C12H29NOSi. The van der Waals surface area contributed by atoms with Crippen LogP contribution in [0.25, 0.3) is 0 Å². The van der Waals surface area contributed by atoms with Crippen molar-refractivity contribution in [1.29, 1.82) is 0 Å². The van der Waals surface area contributed by atoms with Crippen LogP contribution in [-0.4, -0.2) is 21.2 Å². The summed E-state index contributed by atoms with van der Waals surface area (Å²) in [5, 5.41) is 0. The lowest BCUT2D eigenvalue weighted by atomic mass is 9.61. The van der Waals surface area contributed by atoms with Gasteiger partial charge in [0, 0.05) is 5.54 Å². The van der Waals surface area contributed by atoms with E-state index in [0.29, 0.717) is 6.61 Å². The molecule has 0 heterocycles. The fraction of sp³-hybridized carbons (Fsp3) is 1.00. The van der Waals surface area contributed by atoms with Crippen LogP contribution in [0.15, 0.2) is 0 Å². The zero-order chi connectivity index (χ0) is 12.5. The molecule has 15 heavy (non-hydrogen) atoms. The molecule has 3 heteroatoms. The van der Waals surface area contributed by atoms with Crippen LogP contribution in [0.2, 0.25) is 13.1 Å². The van der Waals surface area contributed by atoms with E-state index < -0.39 is 9.04 Å². The van der Waals surface area contributed by atoms with Crippen LogP contribution in [0.5, 0.6) is 0 Å². The van der Waals surface area contributed by atoms with Crippen molar-refractivity contribution < 1.29 is 4.43 Å². The summed E-state index contributed by atoms with van der Waals surface area (Å²) in [4.78, 5) is 0. The standard InChI is InChI=1S/C12H29NOSi/c1-10(2,3)12(13,11(4,5)6)9-14-15(7)8/h15H,9,13H2,1-8H3. The van der Waals surface area contributed by atoms with Gasteiger partial charge in [0.15, 0.2) is 9.04 Å². The van der Waals surface area contributed by atoms with Crippen LogP contribution in [0.4, 0.5) is 0 Å². The van der Waals surface area contributed by atoms with Gasteiger partial charge in [-0.15, -0.1) is 0 Å². The summed E-state index contributed by atoms with van der Waals surface area (Å²) in [6.07, 6.45) is 0. The maximum Gasteiger partial charge on any atom is 0.170 e. The molecule has 2 N–H and O–H groups in total. The molecule has 0 unspecified atom stereocenters. The second-order valence-corrected chi connectivity index (χ2v) is 9.26. The van der Waals surface area contributed by atoms with Gasteiger partial charge in [-0.3, -0.25) is 0 Å². The van der Waals surface area contributed by atoms with E-state index >= 15 is 0 Å². The summed E-state index contributed by atoms with van der Waals surface area (Å²) in [6.45, 7) is 18.2. The van der Waals surface area contributed by atoms with E-state index in [0.717, 1.165) is 0 Å².